The van der Waals surface area contributed by atoms with E-state index in [-0.39, 0.29) is 29.5 Å². The smallest absolute Gasteiger partial charge is 0.399 e. The predicted molar refractivity (Wildman–Crippen MR) is 119 cm³/mol. The molecule has 0 atom stereocenters. The zero-order valence-electron chi connectivity index (χ0n) is 19.1. The van der Waals surface area contributed by atoms with Crippen LogP contribution < -0.4 is 10.9 Å². The Morgan fingerprint density at radius 2 is 0.933 bits per heavy atom. The molecule has 0 unspecified atom stereocenters. The lowest BCUT2D eigenvalue weighted by molar-refractivity contribution is 0.00578. The Bertz CT molecular complexity index is 818. The van der Waals surface area contributed by atoms with Gasteiger partial charge in [0.15, 0.2) is 5.82 Å². The fourth-order valence-electron chi connectivity index (χ4n) is 3.36. The van der Waals surface area contributed by atoms with Crippen LogP contribution in [-0.2, 0) is 18.6 Å². The minimum atomic E-state index is -0.463. The molecule has 30 heavy (non-hydrogen) atoms. The van der Waals surface area contributed by atoms with E-state index >= 15 is 0 Å². The molecule has 2 aliphatic rings. The average Bonchev–Trinajstić information content (AvgIpc) is 3.02. The predicted octanol–water partition coefficient (Wildman–Crippen LogP) is 2.74. The highest BCUT2D eigenvalue weighted by molar-refractivity contribution is 6.62. The van der Waals surface area contributed by atoms with Crippen LogP contribution in [0, 0.1) is 0 Å². The van der Waals surface area contributed by atoms with E-state index in [1.807, 2.05) is 52.0 Å². The third-order valence-electron chi connectivity index (χ3n) is 6.89. The van der Waals surface area contributed by atoms with Gasteiger partial charge >= 0.3 is 14.2 Å². The molecule has 0 saturated carbocycles. The third kappa shape index (κ3) is 3.60. The van der Waals surface area contributed by atoms with Crippen molar-refractivity contribution in [1.29, 1.82) is 0 Å². The van der Waals surface area contributed by atoms with Crippen molar-refractivity contribution in [3.8, 4) is 11.4 Å². The Kier molecular flexibility index (Phi) is 4.94. The first-order chi connectivity index (χ1) is 13.8. The molecular formula is C22H30B2N2O4. The molecule has 0 bridgehead atoms. The summed E-state index contributed by atoms with van der Waals surface area (Å²) in [5.74, 6) is 0.649. The van der Waals surface area contributed by atoms with Gasteiger partial charge in [0.25, 0.3) is 0 Å². The molecule has 1 aromatic heterocycles. The maximum absolute atomic E-state index is 6.12. The highest BCUT2D eigenvalue weighted by atomic mass is 16.7. The molecule has 0 spiro atoms. The van der Waals surface area contributed by atoms with Crippen molar-refractivity contribution in [2.24, 2.45) is 0 Å². The van der Waals surface area contributed by atoms with Crippen LogP contribution in [0.2, 0.25) is 0 Å². The molecule has 0 N–H and O–H groups in total. The van der Waals surface area contributed by atoms with Crippen molar-refractivity contribution in [1.82, 2.24) is 9.97 Å². The van der Waals surface area contributed by atoms with Gasteiger partial charge in [-0.05, 0) is 60.9 Å². The Morgan fingerprint density at radius 3 is 1.33 bits per heavy atom. The molecule has 0 radical (unpaired) electrons. The summed E-state index contributed by atoms with van der Waals surface area (Å²) in [5.41, 5.74) is 1.22. The van der Waals surface area contributed by atoms with Gasteiger partial charge in [-0.15, -0.1) is 0 Å². The molecule has 8 heteroatoms. The molecule has 2 saturated heterocycles. The largest absolute Gasteiger partial charge is 0.498 e. The first-order valence-electron chi connectivity index (χ1n) is 10.4. The van der Waals surface area contributed by atoms with Crippen LogP contribution in [-0.4, -0.2) is 46.6 Å². The van der Waals surface area contributed by atoms with Crippen LogP contribution >= 0.6 is 0 Å². The summed E-state index contributed by atoms with van der Waals surface area (Å²) < 4.78 is 24.4. The van der Waals surface area contributed by atoms with Crippen LogP contribution in [0.25, 0.3) is 11.4 Å². The minimum Gasteiger partial charge on any atom is -0.399 e. The standard InChI is InChI=1S/C22H30B2N2O4/c1-19(2)20(3,4)28-23(27-19)16-11-9-15(10-12-16)18-25-13-17(14-26-18)24-29-21(5,6)22(7,8)30-24/h9-14H,1-8H3. The molecule has 158 valence electrons. The summed E-state index contributed by atoms with van der Waals surface area (Å²) in [6.07, 6.45) is 3.54. The van der Waals surface area contributed by atoms with E-state index in [4.69, 9.17) is 18.6 Å². The van der Waals surface area contributed by atoms with Crippen molar-refractivity contribution < 1.29 is 18.6 Å². The van der Waals surface area contributed by atoms with E-state index in [1.165, 1.54) is 0 Å². The monoisotopic (exact) mass is 408 g/mol. The zero-order chi connectivity index (χ0) is 21.9. The number of hydrogen-bond donors (Lipinski definition) is 0. The molecule has 4 rings (SSSR count). The van der Waals surface area contributed by atoms with E-state index in [0.29, 0.717) is 5.82 Å². The van der Waals surface area contributed by atoms with E-state index in [1.54, 1.807) is 12.4 Å². The Morgan fingerprint density at radius 1 is 0.567 bits per heavy atom. The quantitative estimate of drug-likeness (QED) is 0.729. The Labute approximate surface area is 180 Å². The highest BCUT2D eigenvalue weighted by Crippen LogP contribution is 2.37. The fourth-order valence-corrected chi connectivity index (χ4v) is 3.36. The molecular weight excluding hydrogens is 378 g/mol. The van der Waals surface area contributed by atoms with Crippen molar-refractivity contribution in [2.75, 3.05) is 0 Å². The summed E-state index contributed by atoms with van der Waals surface area (Å²) in [6.45, 7) is 16.3. The average molecular weight is 408 g/mol. The van der Waals surface area contributed by atoms with Gasteiger partial charge in [-0.25, -0.2) is 9.97 Å². The van der Waals surface area contributed by atoms with Crippen LogP contribution in [0.5, 0.6) is 0 Å². The summed E-state index contributed by atoms with van der Waals surface area (Å²) in [7, 11) is -0.842. The van der Waals surface area contributed by atoms with Crippen LogP contribution in [0.15, 0.2) is 36.7 Å². The molecule has 2 aromatic rings. The van der Waals surface area contributed by atoms with E-state index in [0.717, 1.165) is 16.5 Å². The highest BCUT2D eigenvalue weighted by Gasteiger charge is 2.52. The van der Waals surface area contributed by atoms with Gasteiger partial charge in [0, 0.05) is 23.4 Å². The van der Waals surface area contributed by atoms with Gasteiger partial charge in [-0.3, -0.25) is 0 Å². The zero-order valence-corrected chi connectivity index (χ0v) is 19.1. The summed E-state index contributed by atoms with van der Waals surface area (Å²) in [5, 5.41) is 0. The lowest BCUT2D eigenvalue weighted by atomic mass is 9.79. The van der Waals surface area contributed by atoms with Gasteiger partial charge < -0.3 is 18.6 Å². The summed E-state index contributed by atoms with van der Waals surface area (Å²) >= 11 is 0. The molecule has 3 heterocycles. The maximum atomic E-state index is 6.12. The normalized spacial score (nSPS) is 23.7. The molecule has 0 amide bonds. The van der Waals surface area contributed by atoms with E-state index < -0.39 is 7.12 Å². The Balaban J connectivity index is 1.48. The molecule has 2 aliphatic heterocycles. The SMILES string of the molecule is CC1(C)OB(c2ccc(-c3ncc(B4OC(C)(C)C(C)(C)O4)cn3)cc2)OC1(C)C. The first kappa shape index (κ1) is 21.5. The Hall–Kier alpha value is -1.73. The van der Waals surface area contributed by atoms with E-state index in [2.05, 4.69) is 37.7 Å². The van der Waals surface area contributed by atoms with Gasteiger partial charge in [0.1, 0.15) is 0 Å². The first-order valence-corrected chi connectivity index (χ1v) is 10.4. The lowest BCUT2D eigenvalue weighted by Crippen LogP contribution is -2.41. The lowest BCUT2D eigenvalue weighted by Gasteiger charge is -2.32. The second kappa shape index (κ2) is 6.89. The summed E-state index contributed by atoms with van der Waals surface area (Å²) in [4.78, 5) is 9.06. The second-order valence-corrected chi connectivity index (χ2v) is 10.1. The third-order valence-corrected chi connectivity index (χ3v) is 6.89. The maximum Gasteiger partial charge on any atom is 0.498 e. The topological polar surface area (TPSA) is 62.7 Å². The van der Waals surface area contributed by atoms with Crippen molar-refractivity contribution >= 4 is 25.2 Å². The molecule has 6 nitrogen and oxygen atoms in total. The van der Waals surface area contributed by atoms with Gasteiger partial charge in [0.05, 0.1) is 22.4 Å². The number of hydrogen-bond acceptors (Lipinski definition) is 6. The number of nitrogens with zero attached hydrogens (tertiary/aromatic N) is 2. The molecule has 1 aromatic carbocycles. The summed E-state index contributed by atoms with van der Waals surface area (Å²) in [6, 6.07) is 7.99. The van der Waals surface area contributed by atoms with Gasteiger partial charge in [-0.1, -0.05) is 24.3 Å². The number of aromatic nitrogens is 2. The van der Waals surface area contributed by atoms with Crippen molar-refractivity contribution in [3.63, 3.8) is 0 Å². The van der Waals surface area contributed by atoms with Crippen LogP contribution in [0.1, 0.15) is 55.4 Å². The van der Waals surface area contributed by atoms with Crippen LogP contribution in [0.4, 0.5) is 0 Å². The van der Waals surface area contributed by atoms with Crippen molar-refractivity contribution in [3.05, 3.63) is 36.7 Å². The molecule has 0 aliphatic carbocycles. The van der Waals surface area contributed by atoms with Gasteiger partial charge in [-0.2, -0.15) is 0 Å². The van der Waals surface area contributed by atoms with E-state index in [9.17, 15) is 0 Å². The second-order valence-electron chi connectivity index (χ2n) is 10.1. The molecule has 2 fully saturated rings. The van der Waals surface area contributed by atoms with Gasteiger partial charge in [0.2, 0.25) is 0 Å². The minimum absolute atomic E-state index is 0.358. The number of rotatable bonds is 3. The number of benzene rings is 1. The van der Waals surface area contributed by atoms with Crippen LogP contribution in [0.3, 0.4) is 0 Å². The van der Waals surface area contributed by atoms with Crippen molar-refractivity contribution in [2.45, 2.75) is 77.8 Å². The fraction of sp³-hybridized carbons (Fsp3) is 0.545.